The number of thiophene rings is 1. The van der Waals surface area contributed by atoms with Crippen LogP contribution in [0.5, 0.6) is 0 Å². The SMILES string of the molecule is Cc1ccc([C@@H](CNC(=O)CCc2cccs2)N2CCOCC2)o1. The van der Waals surface area contributed by atoms with E-state index >= 15 is 0 Å². The number of furan rings is 1. The van der Waals surface area contributed by atoms with Crippen molar-refractivity contribution in [2.24, 2.45) is 0 Å². The van der Waals surface area contributed by atoms with Crippen molar-refractivity contribution in [1.82, 2.24) is 10.2 Å². The number of aryl methyl sites for hydroxylation is 2. The lowest BCUT2D eigenvalue weighted by molar-refractivity contribution is -0.121. The molecule has 3 rings (SSSR count). The Hall–Kier alpha value is -1.63. The molecular formula is C18H24N2O3S. The number of ether oxygens (including phenoxy) is 1. The number of carbonyl (C=O) groups excluding carboxylic acids is 1. The van der Waals surface area contributed by atoms with Gasteiger partial charge in [-0.1, -0.05) is 6.07 Å². The average molecular weight is 348 g/mol. The van der Waals surface area contributed by atoms with Crippen LogP contribution < -0.4 is 5.32 Å². The van der Waals surface area contributed by atoms with Gasteiger partial charge in [-0.15, -0.1) is 11.3 Å². The smallest absolute Gasteiger partial charge is 0.220 e. The van der Waals surface area contributed by atoms with Crippen LogP contribution in [0.2, 0.25) is 0 Å². The fourth-order valence-corrected chi connectivity index (χ4v) is 3.63. The molecule has 0 bridgehead atoms. The lowest BCUT2D eigenvalue weighted by Crippen LogP contribution is -2.43. The zero-order valence-corrected chi connectivity index (χ0v) is 14.8. The van der Waals surface area contributed by atoms with E-state index in [-0.39, 0.29) is 11.9 Å². The molecule has 0 spiro atoms. The Morgan fingerprint density at radius 1 is 1.33 bits per heavy atom. The molecule has 0 radical (unpaired) electrons. The van der Waals surface area contributed by atoms with E-state index in [9.17, 15) is 4.79 Å². The highest BCUT2D eigenvalue weighted by molar-refractivity contribution is 7.09. The number of carbonyl (C=O) groups is 1. The van der Waals surface area contributed by atoms with Crippen LogP contribution in [0, 0.1) is 6.92 Å². The van der Waals surface area contributed by atoms with Gasteiger partial charge in [0.25, 0.3) is 0 Å². The van der Waals surface area contributed by atoms with E-state index in [1.165, 1.54) is 4.88 Å². The van der Waals surface area contributed by atoms with E-state index < -0.39 is 0 Å². The second-order valence-electron chi connectivity index (χ2n) is 6.00. The molecule has 0 aliphatic carbocycles. The molecule has 24 heavy (non-hydrogen) atoms. The summed E-state index contributed by atoms with van der Waals surface area (Å²) in [5.41, 5.74) is 0. The molecule has 0 unspecified atom stereocenters. The molecule has 1 atom stereocenters. The first-order valence-corrected chi connectivity index (χ1v) is 9.27. The first-order chi connectivity index (χ1) is 11.7. The van der Waals surface area contributed by atoms with Crippen LogP contribution in [0.15, 0.2) is 34.1 Å². The number of amides is 1. The van der Waals surface area contributed by atoms with E-state index in [0.717, 1.165) is 44.2 Å². The van der Waals surface area contributed by atoms with Crippen LogP contribution in [0.3, 0.4) is 0 Å². The van der Waals surface area contributed by atoms with Crippen LogP contribution >= 0.6 is 11.3 Å². The van der Waals surface area contributed by atoms with E-state index in [2.05, 4.69) is 16.3 Å². The lowest BCUT2D eigenvalue weighted by atomic mass is 10.1. The number of hydrogen-bond acceptors (Lipinski definition) is 5. The zero-order valence-electron chi connectivity index (χ0n) is 14.0. The largest absolute Gasteiger partial charge is 0.465 e. The second-order valence-corrected chi connectivity index (χ2v) is 7.03. The summed E-state index contributed by atoms with van der Waals surface area (Å²) in [6.07, 6.45) is 1.32. The third-order valence-corrected chi connectivity index (χ3v) is 5.18. The highest BCUT2D eigenvalue weighted by Crippen LogP contribution is 2.23. The van der Waals surface area contributed by atoms with Crippen LogP contribution in [0.4, 0.5) is 0 Å². The maximum Gasteiger partial charge on any atom is 0.220 e. The number of nitrogens with zero attached hydrogens (tertiary/aromatic N) is 1. The van der Waals surface area contributed by atoms with Gasteiger partial charge in [-0.3, -0.25) is 9.69 Å². The number of hydrogen-bond donors (Lipinski definition) is 1. The normalized spacial score (nSPS) is 16.9. The Balaban J connectivity index is 1.55. The second kappa shape index (κ2) is 8.46. The quantitative estimate of drug-likeness (QED) is 0.836. The summed E-state index contributed by atoms with van der Waals surface area (Å²) in [5.74, 6) is 1.89. The summed E-state index contributed by atoms with van der Waals surface area (Å²) in [6, 6.07) is 8.13. The molecule has 1 saturated heterocycles. The Kier molecular flexibility index (Phi) is 6.07. The van der Waals surface area contributed by atoms with Crippen molar-refractivity contribution in [1.29, 1.82) is 0 Å². The molecule has 2 aromatic heterocycles. The van der Waals surface area contributed by atoms with Gasteiger partial charge >= 0.3 is 0 Å². The van der Waals surface area contributed by atoms with Crippen molar-refractivity contribution in [2.75, 3.05) is 32.8 Å². The zero-order chi connectivity index (χ0) is 16.8. The van der Waals surface area contributed by atoms with Crippen molar-refractivity contribution in [3.8, 4) is 0 Å². The number of rotatable bonds is 7. The van der Waals surface area contributed by atoms with Gasteiger partial charge in [0.1, 0.15) is 11.5 Å². The maximum absolute atomic E-state index is 12.2. The Morgan fingerprint density at radius 3 is 2.83 bits per heavy atom. The minimum Gasteiger partial charge on any atom is -0.465 e. The molecule has 0 aromatic carbocycles. The van der Waals surface area contributed by atoms with Gasteiger partial charge in [0.05, 0.1) is 19.3 Å². The topological polar surface area (TPSA) is 54.7 Å². The molecule has 6 heteroatoms. The summed E-state index contributed by atoms with van der Waals surface area (Å²) < 4.78 is 11.3. The standard InChI is InChI=1S/C18H24N2O3S/c1-14-4-6-17(23-14)16(20-8-10-22-11-9-20)13-19-18(21)7-5-15-3-2-12-24-15/h2-4,6,12,16H,5,7-11,13H2,1H3,(H,19,21)/t16-/m1/s1. The Bertz CT molecular complexity index is 632. The van der Waals surface area contributed by atoms with Gasteiger partial charge in [-0.05, 0) is 36.9 Å². The van der Waals surface area contributed by atoms with Crippen molar-refractivity contribution >= 4 is 17.2 Å². The van der Waals surface area contributed by atoms with Gasteiger partial charge < -0.3 is 14.5 Å². The van der Waals surface area contributed by atoms with Gasteiger partial charge in [0.2, 0.25) is 5.91 Å². The third-order valence-electron chi connectivity index (χ3n) is 4.25. The van der Waals surface area contributed by atoms with Crippen LogP contribution in [0.1, 0.15) is 28.9 Å². The summed E-state index contributed by atoms with van der Waals surface area (Å²) in [5, 5.41) is 5.12. The van der Waals surface area contributed by atoms with Gasteiger partial charge in [-0.25, -0.2) is 0 Å². The van der Waals surface area contributed by atoms with Crippen molar-refractivity contribution in [3.63, 3.8) is 0 Å². The minimum absolute atomic E-state index is 0.0632. The predicted octanol–water partition coefficient (Wildman–Crippen LogP) is 2.77. The van der Waals surface area contributed by atoms with E-state index in [0.29, 0.717) is 13.0 Å². The molecule has 1 amide bonds. The Labute approximate surface area is 146 Å². The first kappa shape index (κ1) is 17.2. The molecule has 1 aliphatic heterocycles. The van der Waals surface area contributed by atoms with Crippen molar-refractivity contribution in [3.05, 3.63) is 46.0 Å². The van der Waals surface area contributed by atoms with Gasteiger partial charge in [-0.2, -0.15) is 0 Å². The summed E-state index contributed by atoms with van der Waals surface area (Å²) in [6.45, 7) is 5.67. The molecular weight excluding hydrogens is 324 g/mol. The molecule has 0 saturated carbocycles. The third kappa shape index (κ3) is 4.69. The molecule has 1 fully saturated rings. The highest BCUT2D eigenvalue weighted by Gasteiger charge is 2.25. The fourth-order valence-electron chi connectivity index (χ4n) is 2.92. The number of nitrogens with one attached hydrogen (secondary N) is 1. The molecule has 3 heterocycles. The van der Waals surface area contributed by atoms with Crippen LogP contribution in [0.25, 0.3) is 0 Å². The van der Waals surface area contributed by atoms with E-state index in [4.69, 9.17) is 9.15 Å². The van der Waals surface area contributed by atoms with E-state index in [1.54, 1.807) is 11.3 Å². The maximum atomic E-state index is 12.2. The molecule has 1 aliphatic rings. The molecule has 5 nitrogen and oxygen atoms in total. The summed E-state index contributed by atoms with van der Waals surface area (Å²) in [7, 11) is 0. The van der Waals surface area contributed by atoms with Crippen molar-refractivity contribution in [2.45, 2.75) is 25.8 Å². The summed E-state index contributed by atoms with van der Waals surface area (Å²) in [4.78, 5) is 15.7. The molecule has 1 N–H and O–H groups in total. The van der Waals surface area contributed by atoms with Crippen molar-refractivity contribution < 1.29 is 13.9 Å². The monoisotopic (exact) mass is 348 g/mol. The predicted molar refractivity (Wildman–Crippen MR) is 94.2 cm³/mol. The average Bonchev–Trinajstić information content (AvgIpc) is 3.26. The molecule has 130 valence electrons. The fraction of sp³-hybridized carbons (Fsp3) is 0.500. The lowest BCUT2D eigenvalue weighted by Gasteiger charge is -2.33. The number of morpholine rings is 1. The van der Waals surface area contributed by atoms with Gasteiger partial charge in [0, 0.05) is 30.9 Å². The Morgan fingerprint density at radius 2 is 2.17 bits per heavy atom. The van der Waals surface area contributed by atoms with Gasteiger partial charge in [0.15, 0.2) is 0 Å². The minimum atomic E-state index is 0.0632. The molecule has 2 aromatic rings. The summed E-state index contributed by atoms with van der Waals surface area (Å²) >= 11 is 1.69. The van der Waals surface area contributed by atoms with Crippen LogP contribution in [-0.2, 0) is 16.0 Å². The van der Waals surface area contributed by atoms with Crippen LogP contribution in [-0.4, -0.2) is 43.7 Å². The first-order valence-electron chi connectivity index (χ1n) is 8.39. The highest BCUT2D eigenvalue weighted by atomic mass is 32.1. The van der Waals surface area contributed by atoms with E-state index in [1.807, 2.05) is 30.5 Å².